The third-order valence-electron chi connectivity index (χ3n) is 19.1. The van der Waals surface area contributed by atoms with Crippen LogP contribution in [0.4, 0.5) is 0 Å². The topological polar surface area (TPSA) is 222 Å². The predicted octanol–water partition coefficient (Wildman–Crippen LogP) is 5.92. The van der Waals surface area contributed by atoms with Crippen molar-refractivity contribution in [2.45, 2.75) is 216 Å². The largest absolute Gasteiger partial charge is 0.347 e. The van der Waals surface area contributed by atoms with Gasteiger partial charge in [0.2, 0.25) is 47.3 Å². The summed E-state index contributed by atoms with van der Waals surface area (Å²) in [5, 5.41) is 18.7. The number of amides is 8. The van der Waals surface area contributed by atoms with E-state index in [2.05, 4.69) is 56.2 Å². The average molecular weight is 1130 g/mol. The summed E-state index contributed by atoms with van der Waals surface area (Å²) in [5.41, 5.74) is 4.59. The van der Waals surface area contributed by atoms with Gasteiger partial charge in [0.15, 0.2) is 0 Å². The molecule has 0 spiro atoms. The first-order valence-electron chi connectivity index (χ1n) is 31.6. The van der Waals surface area contributed by atoms with E-state index < -0.39 is 36.3 Å². The summed E-state index contributed by atoms with van der Waals surface area (Å²) in [7, 11) is 3.43. The summed E-state index contributed by atoms with van der Waals surface area (Å²) in [4.78, 5) is 120. The number of carbonyl (C=O) groups excluding carboxylic acids is 8. The van der Waals surface area contributed by atoms with Crippen LogP contribution in [0.3, 0.4) is 0 Å². The number of piperazine rings is 2. The van der Waals surface area contributed by atoms with Crippen LogP contribution >= 0.6 is 0 Å². The number of benzene rings is 2. The molecule has 0 aromatic heterocycles. The van der Waals surface area contributed by atoms with Gasteiger partial charge in [-0.1, -0.05) is 113 Å². The number of nitrogens with one attached hydrogen (secondary N) is 6. The van der Waals surface area contributed by atoms with E-state index in [1.54, 1.807) is 47.5 Å². The summed E-state index contributed by atoms with van der Waals surface area (Å²) >= 11 is 0. The third-order valence-corrected chi connectivity index (χ3v) is 19.1. The van der Waals surface area contributed by atoms with Crippen molar-refractivity contribution in [3.8, 4) is 0 Å². The van der Waals surface area contributed by atoms with Crippen LogP contribution in [0.1, 0.15) is 189 Å². The van der Waals surface area contributed by atoms with Crippen LogP contribution in [0.5, 0.6) is 0 Å². The molecule has 8 rings (SSSR count). The Balaban J connectivity index is 0.839. The lowest BCUT2D eigenvalue weighted by Crippen LogP contribution is -2.65. The summed E-state index contributed by atoms with van der Waals surface area (Å²) in [6.45, 7) is 4.68. The van der Waals surface area contributed by atoms with E-state index in [-0.39, 0.29) is 97.4 Å². The number of hydrogen-bond donors (Lipinski definition) is 6. The maximum Gasteiger partial charge on any atom is 0.246 e. The normalized spacial score (nSPS) is 23.0. The molecule has 0 unspecified atom stereocenters. The molecule has 8 amide bonds. The summed E-state index contributed by atoms with van der Waals surface area (Å²) in [5.74, 6) is -1.78. The molecule has 2 heterocycles. The van der Waals surface area contributed by atoms with E-state index >= 15 is 0 Å². The fraction of sp³-hybridized carbons (Fsp3) is 0.688. The number of nitrogens with zero attached hydrogens (tertiary/aromatic N) is 4. The van der Waals surface area contributed by atoms with E-state index in [4.69, 9.17) is 0 Å². The molecule has 18 nitrogen and oxygen atoms in total. The molecule has 2 saturated carbocycles. The lowest BCUT2D eigenvalue weighted by Gasteiger charge is -2.44. The van der Waals surface area contributed by atoms with Crippen LogP contribution in [0.2, 0.25) is 0 Å². The zero-order valence-corrected chi connectivity index (χ0v) is 49.7. The smallest absolute Gasteiger partial charge is 0.246 e. The second-order valence-electron chi connectivity index (χ2n) is 24.5. The Bertz CT molecular complexity index is 2340. The van der Waals surface area contributed by atoms with Crippen LogP contribution in [-0.4, -0.2) is 156 Å². The Morgan fingerprint density at radius 2 is 0.854 bits per heavy atom. The average Bonchev–Trinajstić information content (AvgIpc) is 3.70. The van der Waals surface area contributed by atoms with Gasteiger partial charge in [-0.05, 0) is 139 Å². The number of carbonyl (C=O) groups is 8. The molecule has 82 heavy (non-hydrogen) atoms. The van der Waals surface area contributed by atoms with Gasteiger partial charge >= 0.3 is 0 Å². The number of unbranched alkanes of at least 4 members (excludes halogenated alkanes) is 5. The van der Waals surface area contributed by atoms with Crippen molar-refractivity contribution in [2.24, 2.45) is 11.8 Å². The van der Waals surface area contributed by atoms with Crippen LogP contribution in [-0.2, 0) is 51.2 Å². The maximum atomic E-state index is 14.8. The molecule has 2 aliphatic heterocycles. The van der Waals surface area contributed by atoms with Crippen LogP contribution in [0.25, 0.3) is 0 Å². The van der Waals surface area contributed by atoms with E-state index in [0.29, 0.717) is 38.8 Å². The zero-order chi connectivity index (χ0) is 58.1. The van der Waals surface area contributed by atoms with Crippen molar-refractivity contribution >= 4 is 47.3 Å². The maximum absolute atomic E-state index is 14.8. The highest BCUT2D eigenvalue weighted by Gasteiger charge is 2.45. The van der Waals surface area contributed by atoms with Gasteiger partial charge < -0.3 is 51.5 Å². The fourth-order valence-corrected chi connectivity index (χ4v) is 13.8. The van der Waals surface area contributed by atoms with E-state index in [1.807, 2.05) is 24.3 Å². The zero-order valence-electron chi connectivity index (χ0n) is 49.7. The molecule has 450 valence electrons. The van der Waals surface area contributed by atoms with Crippen molar-refractivity contribution in [3.05, 3.63) is 70.8 Å². The van der Waals surface area contributed by atoms with E-state index in [0.717, 1.165) is 140 Å². The Labute approximate surface area is 487 Å². The Hall–Kier alpha value is -5.88. The van der Waals surface area contributed by atoms with E-state index in [9.17, 15) is 38.4 Å². The molecule has 2 aromatic rings. The van der Waals surface area contributed by atoms with Gasteiger partial charge in [0, 0.05) is 39.0 Å². The molecule has 4 fully saturated rings. The number of rotatable bonds is 23. The summed E-state index contributed by atoms with van der Waals surface area (Å²) in [6, 6.07) is 11.6. The van der Waals surface area contributed by atoms with Crippen molar-refractivity contribution < 1.29 is 38.4 Å². The second kappa shape index (κ2) is 30.6. The quantitative estimate of drug-likeness (QED) is 0.0722. The van der Waals surface area contributed by atoms with Crippen molar-refractivity contribution in [2.75, 3.05) is 53.4 Å². The van der Waals surface area contributed by atoms with Gasteiger partial charge in [-0.15, -0.1) is 0 Å². The first kappa shape index (κ1) is 62.2. The highest BCUT2D eigenvalue weighted by Crippen LogP contribution is 2.34. The molecular weight excluding hydrogens is 1040 g/mol. The first-order valence-corrected chi connectivity index (χ1v) is 31.6. The lowest BCUT2D eigenvalue weighted by atomic mass is 9.82. The molecule has 8 atom stereocenters. The van der Waals surface area contributed by atoms with Gasteiger partial charge in [0.25, 0.3) is 0 Å². The van der Waals surface area contributed by atoms with Crippen molar-refractivity contribution in [3.63, 3.8) is 0 Å². The van der Waals surface area contributed by atoms with Crippen molar-refractivity contribution in [1.82, 2.24) is 51.5 Å². The van der Waals surface area contributed by atoms with Crippen molar-refractivity contribution in [1.29, 1.82) is 0 Å². The van der Waals surface area contributed by atoms with Crippen LogP contribution < -0.4 is 31.9 Å². The molecule has 6 N–H and O–H groups in total. The van der Waals surface area contributed by atoms with Crippen LogP contribution in [0.15, 0.2) is 48.5 Å². The fourth-order valence-electron chi connectivity index (χ4n) is 13.8. The highest BCUT2D eigenvalue weighted by atomic mass is 16.2. The summed E-state index contributed by atoms with van der Waals surface area (Å²) in [6.07, 6.45) is 20.1. The molecule has 2 saturated heterocycles. The molecule has 6 aliphatic rings. The van der Waals surface area contributed by atoms with E-state index in [1.165, 1.54) is 11.1 Å². The summed E-state index contributed by atoms with van der Waals surface area (Å²) < 4.78 is 0. The monoisotopic (exact) mass is 1130 g/mol. The Morgan fingerprint density at radius 1 is 0.476 bits per heavy atom. The van der Waals surface area contributed by atoms with Gasteiger partial charge in [-0.3, -0.25) is 38.4 Å². The van der Waals surface area contributed by atoms with Gasteiger partial charge in [0.1, 0.15) is 24.2 Å². The molecule has 0 bridgehead atoms. The molecule has 0 radical (unpaired) electrons. The minimum atomic E-state index is -0.911. The second-order valence-corrected chi connectivity index (χ2v) is 24.5. The SMILES string of the molecule is CN[C@@H](C)C(=O)N[C@H](C(=O)N1CCN(C(=O)CCCCCCCCC(=O)N2CCN(C(=O)[C@@H](NC(=O)[C@H](C)NC)C3CCCCC3)[C@H](C(=O)N[C@@H]3CCCc4ccccc43)C2)C[C@H]1C(=O)N[C@@H]1CCCc2ccccc21)C1CCCCC1. The minimum Gasteiger partial charge on any atom is -0.347 e. The Morgan fingerprint density at radius 3 is 1.24 bits per heavy atom. The lowest BCUT2D eigenvalue weighted by molar-refractivity contribution is -0.152. The predicted molar refractivity (Wildman–Crippen MR) is 316 cm³/mol. The van der Waals surface area contributed by atoms with Crippen LogP contribution in [0, 0.1) is 11.8 Å². The van der Waals surface area contributed by atoms with Gasteiger partial charge in [0.05, 0.1) is 37.3 Å². The number of aryl methyl sites for hydroxylation is 2. The number of likely N-dealkylation sites (N-methyl/N-ethyl adjacent to an activating group) is 2. The molecule has 4 aliphatic carbocycles. The van der Waals surface area contributed by atoms with Gasteiger partial charge in [-0.25, -0.2) is 0 Å². The molecule has 2 aromatic carbocycles. The Kier molecular flexibility index (Phi) is 23.2. The number of hydrogen-bond acceptors (Lipinski definition) is 10. The minimum absolute atomic E-state index is 0.0410. The first-order chi connectivity index (χ1) is 39.8. The third kappa shape index (κ3) is 16.1. The van der Waals surface area contributed by atoms with Gasteiger partial charge in [-0.2, -0.15) is 0 Å². The number of fused-ring (bicyclic) bond motifs is 2. The standard InChI is InChI=1S/C64H96N10O8/c1-43(65-3)59(77)69-57(47-25-11-9-12-26-47)63(81)73-39-37-71(41-53(73)61(79)67-51-33-21-29-45-23-17-19-31-49(45)51)55(75)35-15-7-5-6-8-16-36-56(76)72-38-40-74(64(82)58(48-27-13-10-14-28-48)70-60(78)44(2)66-4)54(42-72)62(80)68-52-34-22-30-46-24-18-20-32-50(46)52/h17-20,23-24,31-32,43-44,47-48,51-54,57-58,65-66H,5-16,21-22,25-30,33-42H2,1-4H3,(H,67,79)(H,68,80)(H,69,77)(H,70,78)/t43-,44-,51+,52+,53-,54-,57-,58-/m0/s1. The molecule has 18 heteroatoms. The highest BCUT2D eigenvalue weighted by molar-refractivity contribution is 5.95. The molecular formula is C64H96N10O8.